The number of aromatic nitrogens is 1. The highest BCUT2D eigenvalue weighted by Crippen LogP contribution is 2.47. The standard InChI is InChI=1S/C24H30N2O3/c1-15-20(23(28)29-17-7-5-4-6-8-17)21(16-9-11-25-12-10-16)22-18(26-15)13-24(2,3)14-19(22)27/h9-12,17,21-22H,4-8,13-14H2,1-3H3. The van der Waals surface area contributed by atoms with Gasteiger partial charge in [-0.15, -0.1) is 0 Å². The fraction of sp³-hybridized carbons (Fsp3) is 0.583. The van der Waals surface area contributed by atoms with E-state index < -0.39 is 0 Å². The average Bonchev–Trinajstić information content (AvgIpc) is 2.67. The molecule has 1 aromatic heterocycles. The van der Waals surface area contributed by atoms with E-state index in [1.165, 1.54) is 6.42 Å². The number of hydrogen-bond acceptors (Lipinski definition) is 5. The van der Waals surface area contributed by atoms with Crippen molar-refractivity contribution in [2.45, 2.75) is 77.7 Å². The van der Waals surface area contributed by atoms with Gasteiger partial charge in [-0.3, -0.25) is 14.8 Å². The molecule has 2 fully saturated rings. The molecule has 0 aromatic carbocycles. The van der Waals surface area contributed by atoms with Crippen molar-refractivity contribution in [1.29, 1.82) is 0 Å². The van der Waals surface area contributed by atoms with E-state index in [9.17, 15) is 9.59 Å². The molecule has 0 bridgehead atoms. The molecule has 0 radical (unpaired) electrons. The predicted octanol–water partition coefficient (Wildman–Crippen LogP) is 4.78. The molecular formula is C24H30N2O3. The summed E-state index contributed by atoms with van der Waals surface area (Å²) >= 11 is 0. The van der Waals surface area contributed by atoms with Crippen LogP contribution in [0.3, 0.4) is 0 Å². The first kappa shape index (κ1) is 20.0. The van der Waals surface area contributed by atoms with Crippen molar-refractivity contribution in [2.75, 3.05) is 0 Å². The SMILES string of the molecule is CC1=C(C(=O)OC2CCCCC2)C(c2ccncc2)C2C(=O)CC(C)(C)CC2=N1. The molecule has 2 heterocycles. The van der Waals surface area contributed by atoms with Gasteiger partial charge in [-0.05, 0) is 62.1 Å². The van der Waals surface area contributed by atoms with Crippen LogP contribution in [0.2, 0.25) is 0 Å². The van der Waals surface area contributed by atoms with E-state index in [0.717, 1.165) is 43.4 Å². The first-order valence-electron chi connectivity index (χ1n) is 10.8. The second kappa shape index (κ2) is 7.85. The molecule has 2 atom stereocenters. The van der Waals surface area contributed by atoms with Crippen LogP contribution in [0.4, 0.5) is 0 Å². The maximum absolute atomic E-state index is 13.3. The number of nitrogens with zero attached hydrogens (tertiary/aromatic N) is 2. The summed E-state index contributed by atoms with van der Waals surface area (Å²) in [6.45, 7) is 6.09. The van der Waals surface area contributed by atoms with Crippen molar-refractivity contribution in [3.8, 4) is 0 Å². The van der Waals surface area contributed by atoms with E-state index in [-0.39, 0.29) is 35.1 Å². The van der Waals surface area contributed by atoms with Crippen LogP contribution in [0, 0.1) is 11.3 Å². The Balaban J connectivity index is 1.74. The number of allylic oxidation sites excluding steroid dienone is 1. The molecule has 2 unspecified atom stereocenters. The normalized spacial score (nSPS) is 27.3. The summed E-state index contributed by atoms with van der Waals surface area (Å²) in [5, 5.41) is 0. The Morgan fingerprint density at radius 3 is 2.45 bits per heavy atom. The molecule has 2 saturated carbocycles. The van der Waals surface area contributed by atoms with E-state index in [4.69, 9.17) is 9.73 Å². The lowest BCUT2D eigenvalue weighted by molar-refractivity contribution is -0.146. The van der Waals surface area contributed by atoms with E-state index in [1.54, 1.807) is 12.4 Å². The fourth-order valence-electron chi connectivity index (χ4n) is 5.19. The molecule has 154 valence electrons. The molecule has 0 N–H and O–H groups in total. The Hall–Kier alpha value is -2.30. The number of carbonyl (C=O) groups is 2. The second-order valence-corrected chi connectivity index (χ2v) is 9.49. The van der Waals surface area contributed by atoms with Gasteiger partial charge in [0.05, 0.1) is 11.5 Å². The van der Waals surface area contributed by atoms with Gasteiger partial charge in [0.15, 0.2) is 0 Å². The zero-order valence-electron chi connectivity index (χ0n) is 17.6. The van der Waals surface area contributed by atoms with E-state index in [1.807, 2.05) is 19.1 Å². The Morgan fingerprint density at radius 2 is 1.76 bits per heavy atom. The quantitative estimate of drug-likeness (QED) is 0.692. The zero-order valence-corrected chi connectivity index (χ0v) is 17.6. The Kier molecular flexibility index (Phi) is 5.41. The Labute approximate surface area is 172 Å². The third kappa shape index (κ3) is 4.05. The highest BCUT2D eigenvalue weighted by molar-refractivity contribution is 6.12. The summed E-state index contributed by atoms with van der Waals surface area (Å²) in [5.41, 5.74) is 2.96. The summed E-state index contributed by atoms with van der Waals surface area (Å²) in [6, 6.07) is 3.81. The topological polar surface area (TPSA) is 68.6 Å². The minimum absolute atomic E-state index is 0.0268. The maximum Gasteiger partial charge on any atom is 0.336 e. The number of hydrogen-bond donors (Lipinski definition) is 0. The summed E-state index contributed by atoms with van der Waals surface area (Å²) in [7, 11) is 0. The molecule has 1 aromatic rings. The van der Waals surface area contributed by atoms with Crippen LogP contribution in [0.1, 0.15) is 77.2 Å². The van der Waals surface area contributed by atoms with Crippen molar-refractivity contribution in [3.63, 3.8) is 0 Å². The van der Waals surface area contributed by atoms with E-state index in [2.05, 4.69) is 18.8 Å². The van der Waals surface area contributed by atoms with Gasteiger partial charge in [0.25, 0.3) is 0 Å². The lowest BCUT2D eigenvalue weighted by atomic mass is 9.63. The van der Waals surface area contributed by atoms with Gasteiger partial charge in [0, 0.05) is 36.1 Å². The second-order valence-electron chi connectivity index (χ2n) is 9.49. The van der Waals surface area contributed by atoms with Crippen LogP contribution in [-0.4, -0.2) is 28.6 Å². The lowest BCUT2D eigenvalue weighted by Gasteiger charge is -2.41. The van der Waals surface area contributed by atoms with Gasteiger partial charge >= 0.3 is 5.97 Å². The van der Waals surface area contributed by atoms with Crippen LogP contribution in [0.15, 0.2) is 40.8 Å². The molecule has 0 spiro atoms. The highest BCUT2D eigenvalue weighted by atomic mass is 16.5. The number of aliphatic imine (C=N–C) groups is 1. The fourth-order valence-corrected chi connectivity index (χ4v) is 5.19. The molecule has 1 aliphatic heterocycles. The van der Waals surface area contributed by atoms with Gasteiger partial charge < -0.3 is 4.74 Å². The van der Waals surface area contributed by atoms with Gasteiger partial charge in [0.2, 0.25) is 0 Å². The first-order chi connectivity index (χ1) is 13.9. The lowest BCUT2D eigenvalue weighted by Crippen LogP contribution is -2.44. The number of carbonyl (C=O) groups excluding carboxylic acids is 2. The van der Waals surface area contributed by atoms with Crippen LogP contribution in [-0.2, 0) is 14.3 Å². The molecule has 4 rings (SSSR count). The maximum atomic E-state index is 13.3. The number of pyridine rings is 1. The minimum Gasteiger partial charge on any atom is -0.459 e. The van der Waals surface area contributed by atoms with Gasteiger partial charge in [-0.1, -0.05) is 20.3 Å². The molecule has 5 heteroatoms. The molecule has 5 nitrogen and oxygen atoms in total. The number of rotatable bonds is 3. The van der Waals surface area contributed by atoms with E-state index in [0.29, 0.717) is 17.7 Å². The molecular weight excluding hydrogens is 364 g/mol. The number of ketones is 1. The molecule has 29 heavy (non-hydrogen) atoms. The number of fused-ring (bicyclic) bond motifs is 1. The monoisotopic (exact) mass is 394 g/mol. The predicted molar refractivity (Wildman–Crippen MR) is 112 cm³/mol. The average molecular weight is 395 g/mol. The number of ether oxygens (including phenoxy) is 1. The zero-order chi connectivity index (χ0) is 20.6. The molecule has 3 aliphatic rings. The molecule has 0 amide bonds. The van der Waals surface area contributed by atoms with E-state index >= 15 is 0 Å². The summed E-state index contributed by atoms with van der Waals surface area (Å²) in [5.74, 6) is -0.873. The summed E-state index contributed by atoms with van der Waals surface area (Å²) in [6.07, 6.45) is 9.93. The van der Waals surface area contributed by atoms with Crippen molar-refractivity contribution in [3.05, 3.63) is 41.4 Å². The van der Waals surface area contributed by atoms with Crippen molar-refractivity contribution < 1.29 is 14.3 Å². The highest BCUT2D eigenvalue weighted by Gasteiger charge is 2.47. The third-order valence-corrected chi connectivity index (χ3v) is 6.47. The van der Waals surface area contributed by atoms with Gasteiger partial charge in [-0.25, -0.2) is 4.79 Å². The van der Waals surface area contributed by atoms with Gasteiger partial charge in [0.1, 0.15) is 11.9 Å². The van der Waals surface area contributed by atoms with Crippen LogP contribution in [0.5, 0.6) is 0 Å². The van der Waals surface area contributed by atoms with Crippen LogP contribution in [0.25, 0.3) is 0 Å². The number of Topliss-reactive ketones (excluding diaryl/α,β-unsaturated/α-hetero) is 1. The Morgan fingerprint density at radius 1 is 1.07 bits per heavy atom. The smallest absolute Gasteiger partial charge is 0.336 e. The summed E-state index contributed by atoms with van der Waals surface area (Å²) in [4.78, 5) is 35.4. The largest absolute Gasteiger partial charge is 0.459 e. The van der Waals surface area contributed by atoms with Crippen LogP contribution >= 0.6 is 0 Å². The van der Waals surface area contributed by atoms with Crippen molar-refractivity contribution in [1.82, 2.24) is 4.98 Å². The Bertz CT molecular complexity index is 863. The number of esters is 1. The van der Waals surface area contributed by atoms with Crippen LogP contribution < -0.4 is 0 Å². The molecule has 0 saturated heterocycles. The van der Waals surface area contributed by atoms with Crippen molar-refractivity contribution >= 4 is 17.5 Å². The van der Waals surface area contributed by atoms with Crippen molar-refractivity contribution in [2.24, 2.45) is 16.3 Å². The minimum atomic E-state index is -0.386. The third-order valence-electron chi connectivity index (χ3n) is 6.47. The first-order valence-corrected chi connectivity index (χ1v) is 10.8. The van der Waals surface area contributed by atoms with Gasteiger partial charge in [-0.2, -0.15) is 0 Å². The molecule has 2 aliphatic carbocycles. The summed E-state index contributed by atoms with van der Waals surface area (Å²) < 4.78 is 5.92.